The highest BCUT2D eigenvalue weighted by Crippen LogP contribution is 2.26. The standard InChI is InChI=1S/C27H25N9/c1-19-14-25(34-26(32-19)29-13-7-10-20-8-6-9-21(15-20)17-28)35(2)27-33-23(22-11-4-3-5-12-22)16-24-30-18-31-36(24)27/h3-6,8-9,11-12,14-16,18H,7,10,13H2,1-2H3,(H,29,32,34). The van der Waals surface area contributed by atoms with Crippen LogP contribution in [-0.2, 0) is 6.42 Å². The lowest BCUT2D eigenvalue weighted by atomic mass is 10.1. The van der Waals surface area contributed by atoms with Crippen LogP contribution in [0.25, 0.3) is 16.9 Å². The van der Waals surface area contributed by atoms with Crippen LogP contribution in [0.2, 0.25) is 0 Å². The first kappa shape index (κ1) is 22.9. The Labute approximate surface area is 209 Å². The summed E-state index contributed by atoms with van der Waals surface area (Å²) in [6.07, 6.45) is 3.27. The summed E-state index contributed by atoms with van der Waals surface area (Å²) in [4.78, 5) is 20.4. The SMILES string of the molecule is Cc1cc(N(C)c2nc(-c3ccccc3)cc3ncnn23)nc(NCCCc2cccc(C#N)c2)n1. The van der Waals surface area contributed by atoms with Crippen molar-refractivity contribution in [1.29, 1.82) is 5.26 Å². The second kappa shape index (κ2) is 10.2. The van der Waals surface area contributed by atoms with Crippen molar-refractivity contribution in [2.45, 2.75) is 19.8 Å². The number of hydrogen-bond acceptors (Lipinski definition) is 8. The van der Waals surface area contributed by atoms with Crippen molar-refractivity contribution in [1.82, 2.24) is 29.5 Å². The highest BCUT2D eigenvalue weighted by molar-refractivity contribution is 5.67. The fraction of sp³-hybridized carbons (Fsp3) is 0.185. The Hall–Kier alpha value is -4.84. The first-order valence-electron chi connectivity index (χ1n) is 11.7. The van der Waals surface area contributed by atoms with Crippen LogP contribution >= 0.6 is 0 Å². The molecule has 0 fully saturated rings. The maximum atomic E-state index is 9.08. The van der Waals surface area contributed by atoms with Crippen molar-refractivity contribution in [2.24, 2.45) is 0 Å². The van der Waals surface area contributed by atoms with Crippen LogP contribution in [0.15, 0.2) is 73.1 Å². The van der Waals surface area contributed by atoms with Crippen molar-refractivity contribution in [3.8, 4) is 17.3 Å². The number of nitrogens with zero attached hydrogens (tertiary/aromatic N) is 8. The van der Waals surface area contributed by atoms with E-state index in [1.807, 2.05) is 85.6 Å². The average Bonchev–Trinajstić information content (AvgIpc) is 3.39. The number of anilines is 3. The topological polar surface area (TPSA) is 108 Å². The Balaban J connectivity index is 1.35. The lowest BCUT2D eigenvalue weighted by Crippen LogP contribution is -2.19. The van der Waals surface area contributed by atoms with E-state index in [0.29, 0.717) is 35.5 Å². The molecule has 0 spiro atoms. The molecule has 3 heterocycles. The van der Waals surface area contributed by atoms with E-state index in [1.54, 1.807) is 4.52 Å². The maximum Gasteiger partial charge on any atom is 0.234 e. The lowest BCUT2D eigenvalue weighted by Gasteiger charge is -2.19. The van der Waals surface area contributed by atoms with Gasteiger partial charge in [-0.2, -0.15) is 19.9 Å². The average molecular weight is 476 g/mol. The van der Waals surface area contributed by atoms with E-state index in [0.717, 1.165) is 35.4 Å². The summed E-state index contributed by atoms with van der Waals surface area (Å²) in [5, 5.41) is 16.8. The Bertz CT molecular complexity index is 1540. The van der Waals surface area contributed by atoms with Gasteiger partial charge in [-0.1, -0.05) is 42.5 Å². The third-order valence-corrected chi connectivity index (χ3v) is 5.79. The Kier molecular flexibility index (Phi) is 6.49. The second-order valence-corrected chi connectivity index (χ2v) is 8.43. The van der Waals surface area contributed by atoms with Crippen LogP contribution < -0.4 is 10.2 Å². The van der Waals surface area contributed by atoms with Gasteiger partial charge in [-0.05, 0) is 37.5 Å². The molecule has 36 heavy (non-hydrogen) atoms. The van der Waals surface area contributed by atoms with E-state index in [-0.39, 0.29) is 0 Å². The fourth-order valence-electron chi connectivity index (χ4n) is 3.98. The quantitative estimate of drug-likeness (QED) is 0.325. The first-order valence-corrected chi connectivity index (χ1v) is 11.7. The normalized spacial score (nSPS) is 10.8. The molecule has 0 radical (unpaired) electrons. The van der Waals surface area contributed by atoms with Gasteiger partial charge in [-0.3, -0.25) is 4.90 Å². The van der Waals surface area contributed by atoms with Crippen LogP contribution in [0.3, 0.4) is 0 Å². The molecule has 5 rings (SSSR count). The lowest BCUT2D eigenvalue weighted by molar-refractivity contribution is 0.846. The Morgan fingerprint density at radius 1 is 1.00 bits per heavy atom. The Morgan fingerprint density at radius 2 is 1.86 bits per heavy atom. The number of benzene rings is 2. The minimum atomic E-state index is 0.552. The molecular formula is C27H25N9. The van der Waals surface area contributed by atoms with Crippen LogP contribution in [0, 0.1) is 18.3 Å². The summed E-state index contributed by atoms with van der Waals surface area (Å²) >= 11 is 0. The van der Waals surface area contributed by atoms with Gasteiger partial charge in [-0.15, -0.1) is 0 Å². The van der Waals surface area contributed by atoms with Gasteiger partial charge in [0.05, 0.1) is 17.3 Å². The summed E-state index contributed by atoms with van der Waals surface area (Å²) in [6, 6.07) is 23.7. The third-order valence-electron chi connectivity index (χ3n) is 5.79. The van der Waals surface area contributed by atoms with Gasteiger partial charge < -0.3 is 5.32 Å². The zero-order chi connectivity index (χ0) is 24.9. The van der Waals surface area contributed by atoms with Crippen LogP contribution in [-0.4, -0.2) is 43.1 Å². The van der Waals surface area contributed by atoms with Crippen LogP contribution in [0.4, 0.5) is 17.7 Å². The zero-order valence-electron chi connectivity index (χ0n) is 20.1. The van der Waals surface area contributed by atoms with Gasteiger partial charge >= 0.3 is 0 Å². The number of nitrogens with one attached hydrogen (secondary N) is 1. The predicted molar refractivity (Wildman–Crippen MR) is 139 cm³/mol. The first-order chi connectivity index (χ1) is 17.6. The largest absolute Gasteiger partial charge is 0.354 e. The number of nitriles is 1. The third kappa shape index (κ3) is 4.98. The molecule has 0 atom stereocenters. The fourth-order valence-corrected chi connectivity index (χ4v) is 3.98. The van der Waals surface area contributed by atoms with Crippen molar-refractivity contribution in [2.75, 3.05) is 23.8 Å². The molecule has 9 nitrogen and oxygen atoms in total. The molecule has 0 unspecified atom stereocenters. The van der Waals surface area contributed by atoms with Gasteiger partial charge in [0.2, 0.25) is 11.9 Å². The molecule has 9 heteroatoms. The van der Waals surface area contributed by atoms with Gasteiger partial charge in [0.25, 0.3) is 0 Å². The highest BCUT2D eigenvalue weighted by Gasteiger charge is 2.17. The summed E-state index contributed by atoms with van der Waals surface area (Å²) in [7, 11) is 1.91. The number of fused-ring (bicyclic) bond motifs is 1. The molecule has 3 aromatic heterocycles. The van der Waals surface area contributed by atoms with Gasteiger partial charge in [0.1, 0.15) is 12.1 Å². The minimum Gasteiger partial charge on any atom is -0.354 e. The summed E-state index contributed by atoms with van der Waals surface area (Å²) < 4.78 is 1.70. The van der Waals surface area contributed by atoms with Crippen molar-refractivity contribution < 1.29 is 0 Å². The molecule has 0 bridgehead atoms. The van der Waals surface area contributed by atoms with Gasteiger partial charge in [-0.25, -0.2) is 15.0 Å². The number of aryl methyl sites for hydroxylation is 2. The Morgan fingerprint density at radius 3 is 2.69 bits per heavy atom. The van der Waals surface area contributed by atoms with Crippen molar-refractivity contribution in [3.05, 3.63) is 89.9 Å². The second-order valence-electron chi connectivity index (χ2n) is 8.43. The van der Waals surface area contributed by atoms with E-state index in [1.165, 1.54) is 6.33 Å². The molecule has 0 aliphatic carbocycles. The molecule has 1 N–H and O–H groups in total. The van der Waals surface area contributed by atoms with Crippen molar-refractivity contribution >= 4 is 23.4 Å². The van der Waals surface area contributed by atoms with Crippen LogP contribution in [0.1, 0.15) is 23.2 Å². The van der Waals surface area contributed by atoms with Gasteiger partial charge in [0.15, 0.2) is 5.65 Å². The van der Waals surface area contributed by atoms with Gasteiger partial charge in [0, 0.05) is 37.0 Å². The maximum absolute atomic E-state index is 9.08. The smallest absolute Gasteiger partial charge is 0.234 e. The van der Waals surface area contributed by atoms with E-state index in [9.17, 15) is 0 Å². The zero-order valence-corrected chi connectivity index (χ0v) is 20.1. The molecular weight excluding hydrogens is 450 g/mol. The number of hydrogen-bond donors (Lipinski definition) is 1. The number of rotatable bonds is 8. The highest BCUT2D eigenvalue weighted by atomic mass is 15.4. The van der Waals surface area contributed by atoms with E-state index < -0.39 is 0 Å². The molecule has 0 saturated heterocycles. The molecule has 0 aliphatic heterocycles. The molecule has 0 aliphatic rings. The summed E-state index contributed by atoms with van der Waals surface area (Å²) in [5.41, 5.74) is 5.17. The van der Waals surface area contributed by atoms with Crippen LogP contribution in [0.5, 0.6) is 0 Å². The molecule has 178 valence electrons. The van der Waals surface area contributed by atoms with E-state index >= 15 is 0 Å². The number of aromatic nitrogens is 6. The summed E-state index contributed by atoms with van der Waals surface area (Å²) in [6.45, 7) is 2.65. The predicted octanol–water partition coefficient (Wildman–Crippen LogP) is 4.57. The molecule has 2 aromatic carbocycles. The molecule has 0 amide bonds. The van der Waals surface area contributed by atoms with E-state index in [4.69, 9.17) is 15.2 Å². The molecule has 0 saturated carbocycles. The monoisotopic (exact) mass is 475 g/mol. The molecule has 5 aromatic rings. The van der Waals surface area contributed by atoms with Crippen molar-refractivity contribution in [3.63, 3.8) is 0 Å². The summed E-state index contributed by atoms with van der Waals surface area (Å²) in [5.74, 6) is 1.85. The minimum absolute atomic E-state index is 0.552. The van der Waals surface area contributed by atoms with E-state index in [2.05, 4.69) is 26.5 Å².